The zero-order valence-electron chi connectivity index (χ0n) is 12.7. The number of hydrogen-bond acceptors (Lipinski definition) is 3. The van der Waals surface area contributed by atoms with E-state index in [2.05, 4.69) is 0 Å². The van der Waals surface area contributed by atoms with Crippen LogP contribution in [0.15, 0.2) is 72.8 Å². The van der Waals surface area contributed by atoms with Gasteiger partial charge in [0.2, 0.25) is 5.75 Å². The Morgan fingerprint density at radius 1 is 0.917 bits per heavy atom. The number of nitro groups is 1. The largest absolute Gasteiger partial charge is 0.450 e. The normalized spacial score (nSPS) is 10.4. The van der Waals surface area contributed by atoms with Crippen LogP contribution in [0.5, 0.6) is 11.5 Å². The molecule has 0 aliphatic rings. The van der Waals surface area contributed by atoms with E-state index in [-0.39, 0.29) is 11.4 Å². The molecule has 3 rings (SSSR count). The molecule has 120 valence electrons. The summed E-state index contributed by atoms with van der Waals surface area (Å²) in [5, 5.41) is 11.5. The number of nitrogens with zero attached hydrogens (tertiary/aromatic N) is 1. The van der Waals surface area contributed by atoms with Gasteiger partial charge in [0.15, 0.2) is 0 Å². The zero-order chi connectivity index (χ0) is 16.9. The molecule has 0 saturated heterocycles. The van der Waals surface area contributed by atoms with E-state index in [9.17, 15) is 10.1 Å². The van der Waals surface area contributed by atoms with Crippen LogP contribution in [-0.2, 0) is 6.42 Å². The third kappa shape index (κ3) is 3.73. The molecule has 0 aromatic heterocycles. The van der Waals surface area contributed by atoms with Crippen molar-refractivity contribution in [2.45, 2.75) is 6.42 Å². The summed E-state index contributed by atoms with van der Waals surface area (Å²) in [5.41, 5.74) is 1.93. The fraction of sp³-hybridized carbons (Fsp3) is 0.0526. The van der Waals surface area contributed by atoms with Crippen molar-refractivity contribution >= 4 is 17.3 Å². The van der Waals surface area contributed by atoms with E-state index in [1.54, 1.807) is 12.1 Å². The van der Waals surface area contributed by atoms with E-state index in [1.807, 2.05) is 48.5 Å². The summed E-state index contributed by atoms with van der Waals surface area (Å²) in [6, 6.07) is 21.9. The lowest BCUT2D eigenvalue weighted by molar-refractivity contribution is -0.385. The van der Waals surface area contributed by atoms with Crippen molar-refractivity contribution in [1.82, 2.24) is 0 Å². The highest BCUT2D eigenvalue weighted by Gasteiger charge is 2.17. The fourth-order valence-corrected chi connectivity index (χ4v) is 2.57. The number of nitro benzene ring substituents is 1. The topological polar surface area (TPSA) is 52.4 Å². The molecule has 3 aromatic carbocycles. The molecular weight excluding hydrogens is 326 g/mol. The third-order valence-corrected chi connectivity index (χ3v) is 3.78. The highest BCUT2D eigenvalue weighted by atomic mass is 35.5. The standard InChI is InChI=1S/C19H14ClNO3/c20-16-10-11-19(17(13-16)21(22)23)24-18-9-5-4-8-15(18)12-14-6-2-1-3-7-14/h1-11,13H,12H2. The molecule has 0 radical (unpaired) electrons. The van der Waals surface area contributed by atoms with Gasteiger partial charge in [-0.05, 0) is 29.3 Å². The minimum atomic E-state index is -0.499. The number of para-hydroxylation sites is 1. The molecule has 24 heavy (non-hydrogen) atoms. The molecule has 5 heteroatoms. The minimum Gasteiger partial charge on any atom is -0.450 e. The predicted octanol–water partition coefficient (Wildman–Crippen LogP) is 5.63. The Bertz CT molecular complexity index is 865. The Kier molecular flexibility index (Phi) is 4.77. The lowest BCUT2D eigenvalue weighted by Crippen LogP contribution is -1.97. The van der Waals surface area contributed by atoms with Crippen molar-refractivity contribution in [1.29, 1.82) is 0 Å². The quantitative estimate of drug-likeness (QED) is 0.447. The molecule has 0 aliphatic heterocycles. The van der Waals surface area contributed by atoms with Crippen molar-refractivity contribution in [2.75, 3.05) is 0 Å². The summed E-state index contributed by atoms with van der Waals surface area (Å²) in [7, 11) is 0. The molecular formula is C19H14ClNO3. The smallest absolute Gasteiger partial charge is 0.313 e. The van der Waals surface area contributed by atoms with Crippen LogP contribution < -0.4 is 4.74 Å². The number of hydrogen-bond donors (Lipinski definition) is 0. The highest BCUT2D eigenvalue weighted by molar-refractivity contribution is 6.30. The van der Waals surface area contributed by atoms with Crippen LogP contribution in [-0.4, -0.2) is 4.92 Å². The van der Waals surface area contributed by atoms with Crippen LogP contribution in [0.3, 0.4) is 0 Å². The molecule has 0 bridgehead atoms. The van der Waals surface area contributed by atoms with E-state index in [1.165, 1.54) is 12.1 Å². The first-order valence-corrected chi connectivity index (χ1v) is 7.75. The van der Waals surface area contributed by atoms with E-state index >= 15 is 0 Å². The van der Waals surface area contributed by atoms with Crippen molar-refractivity contribution < 1.29 is 9.66 Å². The molecule has 0 atom stereocenters. The highest BCUT2D eigenvalue weighted by Crippen LogP contribution is 2.35. The first-order valence-electron chi connectivity index (χ1n) is 7.37. The van der Waals surface area contributed by atoms with Gasteiger partial charge in [-0.15, -0.1) is 0 Å². The molecule has 0 spiro atoms. The van der Waals surface area contributed by atoms with Crippen LogP contribution in [0.1, 0.15) is 11.1 Å². The van der Waals surface area contributed by atoms with E-state index < -0.39 is 4.92 Å². The average molecular weight is 340 g/mol. The fourth-order valence-electron chi connectivity index (χ4n) is 2.40. The molecule has 0 aliphatic carbocycles. The lowest BCUT2D eigenvalue weighted by atomic mass is 10.0. The Balaban J connectivity index is 1.93. The van der Waals surface area contributed by atoms with Gasteiger partial charge in [0, 0.05) is 17.5 Å². The number of ether oxygens (including phenoxy) is 1. The van der Waals surface area contributed by atoms with Crippen molar-refractivity contribution in [3.05, 3.63) is 99.1 Å². The first kappa shape index (κ1) is 16.0. The van der Waals surface area contributed by atoms with Crippen LogP contribution in [0, 0.1) is 10.1 Å². The molecule has 0 N–H and O–H groups in total. The SMILES string of the molecule is O=[N+]([O-])c1cc(Cl)ccc1Oc1ccccc1Cc1ccccc1. The maximum absolute atomic E-state index is 11.2. The second-order valence-electron chi connectivity index (χ2n) is 5.24. The second-order valence-corrected chi connectivity index (χ2v) is 5.68. The Morgan fingerprint density at radius 2 is 1.62 bits per heavy atom. The third-order valence-electron chi connectivity index (χ3n) is 3.55. The van der Waals surface area contributed by atoms with Gasteiger partial charge in [0.25, 0.3) is 0 Å². The van der Waals surface area contributed by atoms with Gasteiger partial charge >= 0.3 is 5.69 Å². The first-order chi connectivity index (χ1) is 11.6. The van der Waals surface area contributed by atoms with Gasteiger partial charge in [-0.3, -0.25) is 10.1 Å². The van der Waals surface area contributed by atoms with Gasteiger partial charge < -0.3 is 4.74 Å². The summed E-state index contributed by atoms with van der Waals surface area (Å²) >= 11 is 5.84. The maximum Gasteiger partial charge on any atom is 0.313 e. The van der Waals surface area contributed by atoms with E-state index in [0.29, 0.717) is 17.2 Å². The molecule has 3 aromatic rings. The molecule has 4 nitrogen and oxygen atoms in total. The van der Waals surface area contributed by atoms with Crippen LogP contribution in [0.4, 0.5) is 5.69 Å². The lowest BCUT2D eigenvalue weighted by Gasteiger charge is -2.11. The summed E-state index contributed by atoms with van der Waals surface area (Å²) in [5.74, 6) is 0.761. The van der Waals surface area contributed by atoms with Gasteiger partial charge in [-0.2, -0.15) is 0 Å². The molecule has 0 saturated carbocycles. The summed E-state index contributed by atoms with van der Waals surface area (Å²) in [4.78, 5) is 10.7. The maximum atomic E-state index is 11.2. The summed E-state index contributed by atoms with van der Waals surface area (Å²) < 4.78 is 5.83. The Labute approximate surface area is 144 Å². The molecule has 0 unspecified atom stereocenters. The van der Waals surface area contributed by atoms with E-state index in [4.69, 9.17) is 16.3 Å². The van der Waals surface area contributed by atoms with Gasteiger partial charge in [-0.1, -0.05) is 60.1 Å². The Hall–Kier alpha value is -2.85. The predicted molar refractivity (Wildman–Crippen MR) is 93.9 cm³/mol. The molecule has 0 heterocycles. The van der Waals surface area contributed by atoms with Crippen LogP contribution in [0.2, 0.25) is 5.02 Å². The van der Waals surface area contributed by atoms with Gasteiger partial charge in [0.05, 0.1) is 4.92 Å². The Morgan fingerprint density at radius 3 is 2.38 bits per heavy atom. The van der Waals surface area contributed by atoms with Crippen molar-refractivity contribution in [3.8, 4) is 11.5 Å². The van der Waals surface area contributed by atoms with Gasteiger partial charge in [0.1, 0.15) is 5.75 Å². The molecule has 0 fully saturated rings. The average Bonchev–Trinajstić information content (AvgIpc) is 2.59. The van der Waals surface area contributed by atoms with Crippen LogP contribution in [0.25, 0.3) is 0 Å². The van der Waals surface area contributed by atoms with E-state index in [0.717, 1.165) is 11.1 Å². The number of rotatable bonds is 5. The zero-order valence-corrected chi connectivity index (χ0v) is 13.4. The second kappa shape index (κ2) is 7.15. The van der Waals surface area contributed by atoms with Crippen molar-refractivity contribution in [2.24, 2.45) is 0 Å². The summed E-state index contributed by atoms with van der Waals surface area (Å²) in [6.07, 6.45) is 0.679. The summed E-state index contributed by atoms with van der Waals surface area (Å²) in [6.45, 7) is 0. The molecule has 0 amide bonds. The van der Waals surface area contributed by atoms with Gasteiger partial charge in [-0.25, -0.2) is 0 Å². The minimum absolute atomic E-state index is 0.156. The monoisotopic (exact) mass is 339 g/mol. The van der Waals surface area contributed by atoms with Crippen molar-refractivity contribution in [3.63, 3.8) is 0 Å². The number of halogens is 1. The number of benzene rings is 3. The van der Waals surface area contributed by atoms with Crippen LogP contribution >= 0.6 is 11.6 Å².